The standard InChI is InChI=1S/C19H28N4O4S/c1-16(24)22-12-10-21(11-13-22)15-19(25)20-17-6-5-7-18(14-17)28(26,27)23-8-3-2-4-9-23/h5-7,14H,2-4,8-13,15H2,1H3,(H,20,25). The number of piperidine rings is 1. The zero-order chi connectivity index (χ0) is 20.1. The quantitative estimate of drug-likeness (QED) is 0.784. The zero-order valence-corrected chi connectivity index (χ0v) is 17.1. The van der Waals surface area contributed by atoms with Gasteiger partial charge in [-0.2, -0.15) is 4.31 Å². The van der Waals surface area contributed by atoms with Crippen LogP contribution in [0.1, 0.15) is 26.2 Å². The van der Waals surface area contributed by atoms with Crippen LogP contribution in [-0.4, -0.2) is 80.2 Å². The van der Waals surface area contributed by atoms with Crippen LogP contribution in [-0.2, 0) is 19.6 Å². The molecule has 0 spiro atoms. The average molecular weight is 409 g/mol. The van der Waals surface area contributed by atoms with Crippen molar-refractivity contribution in [2.75, 3.05) is 51.1 Å². The van der Waals surface area contributed by atoms with Crippen molar-refractivity contribution in [1.29, 1.82) is 0 Å². The molecule has 2 fully saturated rings. The van der Waals surface area contributed by atoms with Crippen molar-refractivity contribution in [3.8, 4) is 0 Å². The molecule has 2 aliphatic rings. The van der Waals surface area contributed by atoms with E-state index >= 15 is 0 Å². The molecule has 3 rings (SSSR count). The summed E-state index contributed by atoms with van der Waals surface area (Å²) in [6.07, 6.45) is 2.82. The second kappa shape index (κ2) is 9.02. The van der Waals surface area contributed by atoms with Gasteiger partial charge in [0.05, 0.1) is 11.4 Å². The van der Waals surface area contributed by atoms with Gasteiger partial charge in [-0.15, -0.1) is 0 Å². The molecular formula is C19H28N4O4S. The van der Waals surface area contributed by atoms with Crippen LogP contribution < -0.4 is 5.32 Å². The lowest BCUT2D eigenvalue weighted by Crippen LogP contribution is -2.49. The number of benzene rings is 1. The van der Waals surface area contributed by atoms with E-state index in [1.165, 1.54) is 10.4 Å². The minimum atomic E-state index is -3.53. The third-order valence-electron chi connectivity index (χ3n) is 5.26. The molecule has 1 N–H and O–H groups in total. The van der Waals surface area contributed by atoms with Crippen LogP contribution in [0.3, 0.4) is 0 Å². The highest BCUT2D eigenvalue weighted by molar-refractivity contribution is 7.89. The SMILES string of the molecule is CC(=O)N1CCN(CC(=O)Nc2cccc(S(=O)(=O)N3CCCCC3)c2)CC1. The third-order valence-corrected chi connectivity index (χ3v) is 7.15. The van der Waals surface area contributed by atoms with Crippen molar-refractivity contribution in [3.05, 3.63) is 24.3 Å². The van der Waals surface area contributed by atoms with Crippen LogP contribution in [0.5, 0.6) is 0 Å². The minimum Gasteiger partial charge on any atom is -0.340 e. The van der Waals surface area contributed by atoms with Crippen LogP contribution >= 0.6 is 0 Å². The fourth-order valence-corrected chi connectivity index (χ4v) is 5.18. The monoisotopic (exact) mass is 408 g/mol. The summed E-state index contributed by atoms with van der Waals surface area (Å²) in [6.45, 7) is 5.39. The predicted molar refractivity (Wildman–Crippen MR) is 106 cm³/mol. The van der Waals surface area contributed by atoms with Gasteiger partial charge in [-0.25, -0.2) is 8.42 Å². The van der Waals surface area contributed by atoms with Crippen molar-refractivity contribution < 1.29 is 18.0 Å². The molecule has 0 aromatic heterocycles. The number of anilines is 1. The van der Waals surface area contributed by atoms with Crippen molar-refractivity contribution in [2.45, 2.75) is 31.1 Å². The number of sulfonamides is 1. The van der Waals surface area contributed by atoms with Crippen LogP contribution in [0.15, 0.2) is 29.2 Å². The first-order valence-corrected chi connectivity index (χ1v) is 11.2. The summed E-state index contributed by atoms with van der Waals surface area (Å²) < 4.78 is 27.1. The Morgan fingerprint density at radius 2 is 1.68 bits per heavy atom. The van der Waals surface area contributed by atoms with Crippen LogP contribution in [0.25, 0.3) is 0 Å². The van der Waals surface area contributed by atoms with Gasteiger partial charge in [0.15, 0.2) is 0 Å². The smallest absolute Gasteiger partial charge is 0.243 e. The Kier molecular flexibility index (Phi) is 6.69. The average Bonchev–Trinajstić information content (AvgIpc) is 2.69. The second-order valence-corrected chi connectivity index (χ2v) is 9.26. The highest BCUT2D eigenvalue weighted by atomic mass is 32.2. The number of nitrogens with zero attached hydrogens (tertiary/aromatic N) is 3. The van der Waals surface area contributed by atoms with Crippen molar-refractivity contribution in [2.24, 2.45) is 0 Å². The van der Waals surface area contributed by atoms with Crippen LogP contribution in [0.2, 0.25) is 0 Å². The van der Waals surface area contributed by atoms with Gasteiger partial charge in [-0.05, 0) is 31.0 Å². The largest absolute Gasteiger partial charge is 0.340 e. The number of carbonyl (C=O) groups is 2. The number of piperazine rings is 1. The molecule has 154 valence electrons. The first-order chi connectivity index (χ1) is 13.4. The minimum absolute atomic E-state index is 0.0517. The van der Waals surface area contributed by atoms with E-state index in [-0.39, 0.29) is 23.3 Å². The zero-order valence-electron chi connectivity index (χ0n) is 16.3. The molecule has 1 aromatic carbocycles. The van der Waals surface area contributed by atoms with Crippen LogP contribution in [0, 0.1) is 0 Å². The summed E-state index contributed by atoms with van der Waals surface area (Å²) in [7, 11) is -3.53. The summed E-state index contributed by atoms with van der Waals surface area (Å²) in [5.74, 6) is -0.139. The summed E-state index contributed by atoms with van der Waals surface area (Å²) in [5, 5.41) is 2.79. The molecule has 0 bridgehead atoms. The van der Waals surface area contributed by atoms with Crippen LogP contribution in [0.4, 0.5) is 5.69 Å². The fourth-order valence-electron chi connectivity index (χ4n) is 3.61. The number of hydrogen-bond acceptors (Lipinski definition) is 5. The van der Waals surface area contributed by atoms with E-state index in [2.05, 4.69) is 5.32 Å². The van der Waals surface area contributed by atoms with Crippen molar-refractivity contribution in [3.63, 3.8) is 0 Å². The number of rotatable bonds is 5. The molecule has 2 saturated heterocycles. The molecular weight excluding hydrogens is 380 g/mol. The van der Waals surface area contributed by atoms with Crippen molar-refractivity contribution in [1.82, 2.24) is 14.1 Å². The van der Waals surface area contributed by atoms with E-state index in [0.29, 0.717) is 45.0 Å². The Balaban J connectivity index is 1.58. The fraction of sp³-hybridized carbons (Fsp3) is 0.579. The molecule has 0 aliphatic carbocycles. The van der Waals surface area contributed by atoms with Gasteiger partial charge >= 0.3 is 0 Å². The number of nitrogens with one attached hydrogen (secondary N) is 1. The van der Waals surface area contributed by atoms with Gasteiger partial charge in [-0.1, -0.05) is 12.5 Å². The van der Waals surface area contributed by atoms with E-state index in [9.17, 15) is 18.0 Å². The molecule has 0 unspecified atom stereocenters. The molecule has 2 heterocycles. The summed E-state index contributed by atoms with van der Waals surface area (Å²) >= 11 is 0. The van der Waals surface area contributed by atoms with Gasteiger partial charge in [0.1, 0.15) is 0 Å². The number of amides is 2. The lowest BCUT2D eigenvalue weighted by molar-refractivity contribution is -0.130. The maximum absolute atomic E-state index is 12.8. The Bertz CT molecular complexity index is 813. The highest BCUT2D eigenvalue weighted by Gasteiger charge is 2.26. The summed E-state index contributed by atoms with van der Waals surface area (Å²) in [6, 6.07) is 6.44. The molecule has 0 atom stereocenters. The molecule has 9 heteroatoms. The first-order valence-electron chi connectivity index (χ1n) is 9.74. The Hall–Kier alpha value is -1.97. The maximum atomic E-state index is 12.8. The van der Waals surface area contributed by atoms with E-state index in [4.69, 9.17) is 0 Å². The number of hydrogen-bond donors (Lipinski definition) is 1. The van der Waals surface area contributed by atoms with E-state index in [1.54, 1.807) is 30.0 Å². The molecule has 8 nitrogen and oxygen atoms in total. The summed E-state index contributed by atoms with van der Waals surface area (Å²) in [4.78, 5) is 27.7. The molecule has 0 saturated carbocycles. The lowest BCUT2D eigenvalue weighted by Gasteiger charge is -2.33. The predicted octanol–water partition coefficient (Wildman–Crippen LogP) is 0.964. The second-order valence-electron chi connectivity index (χ2n) is 7.32. The van der Waals surface area contributed by atoms with E-state index in [1.807, 2.05) is 4.90 Å². The Morgan fingerprint density at radius 3 is 2.32 bits per heavy atom. The van der Waals surface area contributed by atoms with Gasteiger partial charge in [0, 0.05) is 51.9 Å². The first kappa shape index (κ1) is 20.8. The topological polar surface area (TPSA) is 90.0 Å². The van der Waals surface area contributed by atoms with Gasteiger partial charge in [-0.3, -0.25) is 14.5 Å². The van der Waals surface area contributed by atoms with Gasteiger partial charge in [0.25, 0.3) is 0 Å². The maximum Gasteiger partial charge on any atom is 0.243 e. The number of carbonyl (C=O) groups excluding carboxylic acids is 2. The highest BCUT2D eigenvalue weighted by Crippen LogP contribution is 2.22. The molecule has 0 radical (unpaired) electrons. The Morgan fingerprint density at radius 1 is 1.00 bits per heavy atom. The molecule has 28 heavy (non-hydrogen) atoms. The van der Waals surface area contributed by atoms with Gasteiger partial charge in [0.2, 0.25) is 21.8 Å². The van der Waals surface area contributed by atoms with E-state index < -0.39 is 10.0 Å². The Labute approximate surface area is 166 Å². The molecule has 2 aliphatic heterocycles. The lowest BCUT2D eigenvalue weighted by atomic mass is 10.2. The molecule has 1 aromatic rings. The summed E-state index contributed by atoms with van der Waals surface area (Å²) in [5.41, 5.74) is 0.477. The normalized spacial score (nSPS) is 19.4. The van der Waals surface area contributed by atoms with Crippen molar-refractivity contribution >= 4 is 27.5 Å². The van der Waals surface area contributed by atoms with E-state index in [0.717, 1.165) is 19.3 Å². The van der Waals surface area contributed by atoms with Gasteiger partial charge < -0.3 is 10.2 Å². The third kappa shape index (κ3) is 5.09. The molecule has 2 amide bonds.